The minimum atomic E-state index is -1.04. The first kappa shape index (κ1) is 11.2. The van der Waals surface area contributed by atoms with Crippen LogP contribution in [0.5, 0.6) is 0 Å². The molecule has 0 spiro atoms. The van der Waals surface area contributed by atoms with Crippen molar-refractivity contribution in [1.29, 1.82) is 0 Å². The van der Waals surface area contributed by atoms with E-state index in [4.69, 9.17) is 5.73 Å². The van der Waals surface area contributed by atoms with E-state index in [1.54, 1.807) is 0 Å². The second kappa shape index (κ2) is 4.27. The van der Waals surface area contributed by atoms with Gasteiger partial charge in [-0.05, 0) is 19.3 Å². The molecule has 0 aliphatic heterocycles. The molecule has 0 aromatic rings. The van der Waals surface area contributed by atoms with Gasteiger partial charge >= 0.3 is 0 Å². The Morgan fingerprint density at radius 3 is 2.55 bits per heavy atom. The lowest BCUT2D eigenvalue weighted by Gasteiger charge is -2.34. The molecule has 0 aromatic carbocycles. The Hall–Kier alpha value is 0.180. The van der Waals surface area contributed by atoms with Crippen molar-refractivity contribution >= 4 is 12.4 Å². The number of alkyl halides is 1. The summed E-state index contributed by atoms with van der Waals surface area (Å²) in [5.41, 5.74) is 4.61. The zero-order valence-electron chi connectivity index (χ0n) is 6.98. The van der Waals surface area contributed by atoms with E-state index in [-0.39, 0.29) is 18.4 Å². The Balaban J connectivity index is 0.000001000. The van der Waals surface area contributed by atoms with Crippen LogP contribution >= 0.6 is 12.4 Å². The first-order valence-electron chi connectivity index (χ1n) is 4.13. The summed E-state index contributed by atoms with van der Waals surface area (Å²) in [5, 5.41) is 0. The van der Waals surface area contributed by atoms with Crippen LogP contribution in [0.1, 0.15) is 39.0 Å². The van der Waals surface area contributed by atoms with Crippen LogP contribution in [0.3, 0.4) is 0 Å². The number of rotatable bonds is 1. The van der Waals surface area contributed by atoms with E-state index in [9.17, 15) is 4.39 Å². The van der Waals surface area contributed by atoms with E-state index >= 15 is 0 Å². The van der Waals surface area contributed by atoms with Crippen LogP contribution in [-0.4, -0.2) is 11.7 Å². The molecule has 2 N–H and O–H groups in total. The SMILES string of the molecule is CC[C@@]1(F)CCCC[C@H]1N.Cl. The third-order valence-electron chi connectivity index (χ3n) is 2.61. The van der Waals surface area contributed by atoms with Crippen LogP contribution in [0.4, 0.5) is 4.39 Å². The fourth-order valence-electron chi connectivity index (χ4n) is 1.67. The molecule has 1 nitrogen and oxygen atoms in total. The lowest BCUT2D eigenvalue weighted by molar-refractivity contribution is 0.0774. The van der Waals surface area contributed by atoms with Gasteiger partial charge in [0.2, 0.25) is 0 Å². The molecule has 0 aromatic heterocycles. The third kappa shape index (κ3) is 2.31. The van der Waals surface area contributed by atoms with Gasteiger partial charge in [0.05, 0.1) is 0 Å². The molecule has 0 amide bonds. The van der Waals surface area contributed by atoms with Gasteiger partial charge in [-0.25, -0.2) is 4.39 Å². The van der Waals surface area contributed by atoms with Gasteiger partial charge in [-0.1, -0.05) is 19.8 Å². The van der Waals surface area contributed by atoms with Crippen LogP contribution < -0.4 is 5.73 Å². The molecular formula is C8H17ClFN. The lowest BCUT2D eigenvalue weighted by atomic mass is 9.81. The lowest BCUT2D eigenvalue weighted by Crippen LogP contribution is -2.46. The average molecular weight is 182 g/mol. The molecule has 11 heavy (non-hydrogen) atoms. The van der Waals surface area contributed by atoms with Gasteiger partial charge in [0.25, 0.3) is 0 Å². The average Bonchev–Trinajstić information content (AvgIpc) is 1.96. The van der Waals surface area contributed by atoms with Crippen molar-refractivity contribution in [3.05, 3.63) is 0 Å². The molecule has 2 atom stereocenters. The highest BCUT2D eigenvalue weighted by Crippen LogP contribution is 2.33. The van der Waals surface area contributed by atoms with Gasteiger partial charge in [0, 0.05) is 6.04 Å². The largest absolute Gasteiger partial charge is 0.325 e. The zero-order valence-corrected chi connectivity index (χ0v) is 7.79. The molecule has 1 fully saturated rings. The molecular weight excluding hydrogens is 165 g/mol. The summed E-state index contributed by atoms with van der Waals surface area (Å²) >= 11 is 0. The quantitative estimate of drug-likeness (QED) is 0.661. The number of hydrogen-bond donors (Lipinski definition) is 1. The summed E-state index contributed by atoms with van der Waals surface area (Å²) < 4.78 is 13.6. The fourth-order valence-corrected chi connectivity index (χ4v) is 1.67. The molecule has 0 unspecified atom stereocenters. The molecule has 68 valence electrons. The summed E-state index contributed by atoms with van der Waals surface area (Å²) in [7, 11) is 0. The van der Waals surface area contributed by atoms with Crippen LogP contribution in [0.25, 0.3) is 0 Å². The zero-order chi connectivity index (χ0) is 7.61. The summed E-state index contributed by atoms with van der Waals surface area (Å²) in [6, 6.07) is -0.203. The summed E-state index contributed by atoms with van der Waals surface area (Å²) in [6.45, 7) is 1.88. The Morgan fingerprint density at radius 1 is 1.55 bits per heavy atom. The van der Waals surface area contributed by atoms with E-state index in [1.165, 1.54) is 0 Å². The smallest absolute Gasteiger partial charge is 0.125 e. The maximum atomic E-state index is 13.6. The normalized spacial score (nSPS) is 37.9. The van der Waals surface area contributed by atoms with Crippen molar-refractivity contribution < 1.29 is 4.39 Å². The number of hydrogen-bond acceptors (Lipinski definition) is 1. The highest BCUT2D eigenvalue weighted by atomic mass is 35.5. The Bertz CT molecular complexity index is 121. The van der Waals surface area contributed by atoms with E-state index in [0.29, 0.717) is 12.8 Å². The first-order chi connectivity index (χ1) is 4.69. The summed E-state index contributed by atoms with van der Waals surface area (Å²) in [6.07, 6.45) is 4.23. The number of nitrogens with two attached hydrogens (primary N) is 1. The van der Waals surface area contributed by atoms with Gasteiger partial charge in [-0.3, -0.25) is 0 Å². The second-order valence-electron chi connectivity index (χ2n) is 3.24. The minimum Gasteiger partial charge on any atom is -0.325 e. The van der Waals surface area contributed by atoms with Crippen molar-refractivity contribution in [3.63, 3.8) is 0 Å². The third-order valence-corrected chi connectivity index (χ3v) is 2.61. The van der Waals surface area contributed by atoms with Gasteiger partial charge in [-0.15, -0.1) is 12.4 Å². The molecule has 3 heteroatoms. The maximum absolute atomic E-state index is 13.6. The Morgan fingerprint density at radius 2 is 2.18 bits per heavy atom. The standard InChI is InChI=1S/C8H16FN.ClH/c1-2-8(9)6-4-3-5-7(8)10;/h7H,2-6,10H2,1H3;1H/t7-,8-;/m1./s1. The molecule has 0 saturated heterocycles. The van der Waals surface area contributed by atoms with E-state index in [0.717, 1.165) is 19.3 Å². The van der Waals surface area contributed by atoms with Gasteiger partial charge in [0.1, 0.15) is 5.67 Å². The van der Waals surface area contributed by atoms with E-state index < -0.39 is 5.67 Å². The van der Waals surface area contributed by atoms with Gasteiger partial charge < -0.3 is 5.73 Å². The predicted molar refractivity (Wildman–Crippen MR) is 47.8 cm³/mol. The first-order valence-corrected chi connectivity index (χ1v) is 4.13. The molecule has 1 aliphatic carbocycles. The summed E-state index contributed by atoms with van der Waals surface area (Å²) in [4.78, 5) is 0. The van der Waals surface area contributed by atoms with Crippen molar-refractivity contribution in [2.75, 3.05) is 0 Å². The van der Waals surface area contributed by atoms with Gasteiger partial charge in [0.15, 0.2) is 0 Å². The molecule has 1 aliphatic rings. The van der Waals surface area contributed by atoms with Crippen LogP contribution in [0, 0.1) is 0 Å². The highest BCUT2D eigenvalue weighted by molar-refractivity contribution is 5.85. The van der Waals surface area contributed by atoms with Crippen molar-refractivity contribution in [2.24, 2.45) is 5.73 Å². The second-order valence-corrected chi connectivity index (χ2v) is 3.24. The van der Waals surface area contributed by atoms with Gasteiger partial charge in [-0.2, -0.15) is 0 Å². The van der Waals surface area contributed by atoms with Crippen LogP contribution in [-0.2, 0) is 0 Å². The summed E-state index contributed by atoms with van der Waals surface area (Å²) in [5.74, 6) is 0. The van der Waals surface area contributed by atoms with Crippen LogP contribution in [0.15, 0.2) is 0 Å². The van der Waals surface area contributed by atoms with Crippen molar-refractivity contribution in [3.8, 4) is 0 Å². The van der Waals surface area contributed by atoms with E-state index in [1.807, 2.05) is 6.92 Å². The topological polar surface area (TPSA) is 26.0 Å². The van der Waals surface area contributed by atoms with Crippen molar-refractivity contribution in [2.45, 2.75) is 50.7 Å². The predicted octanol–water partition coefficient (Wildman–Crippen LogP) is 2.43. The Kier molecular flexibility index (Phi) is 4.34. The van der Waals surface area contributed by atoms with Crippen molar-refractivity contribution in [1.82, 2.24) is 0 Å². The monoisotopic (exact) mass is 181 g/mol. The molecule has 1 saturated carbocycles. The molecule has 0 bridgehead atoms. The minimum absolute atomic E-state index is 0. The fraction of sp³-hybridized carbons (Fsp3) is 1.00. The Labute approximate surface area is 73.9 Å². The van der Waals surface area contributed by atoms with E-state index in [2.05, 4.69) is 0 Å². The van der Waals surface area contributed by atoms with Crippen LogP contribution in [0.2, 0.25) is 0 Å². The molecule has 0 heterocycles. The molecule has 0 radical (unpaired) electrons. The number of halogens is 2. The maximum Gasteiger partial charge on any atom is 0.125 e. The molecule has 1 rings (SSSR count). The highest BCUT2D eigenvalue weighted by Gasteiger charge is 2.36.